The number of carbonyl (C=O) groups excluding carboxylic acids is 1. The molecule has 1 rings (SSSR count). The van der Waals surface area contributed by atoms with Crippen LogP contribution >= 0.6 is 0 Å². The maximum atomic E-state index is 11.1. The molecule has 0 N–H and O–H groups in total. The molecule has 0 fully saturated rings. The van der Waals surface area contributed by atoms with Crippen LogP contribution in [-0.2, 0) is 4.79 Å². The van der Waals surface area contributed by atoms with Crippen molar-refractivity contribution in [1.29, 1.82) is 0 Å². The van der Waals surface area contributed by atoms with E-state index in [0.29, 0.717) is 12.0 Å². The first kappa shape index (κ1) is 14.6. The molecule has 1 aromatic rings. The highest BCUT2D eigenvalue weighted by Gasteiger charge is 2.18. The van der Waals surface area contributed by atoms with E-state index in [1.807, 2.05) is 7.05 Å². The molecule has 100 valence electrons. The lowest BCUT2D eigenvalue weighted by Crippen LogP contribution is -2.29. The Morgan fingerprint density at radius 3 is 2.17 bits per heavy atom. The van der Waals surface area contributed by atoms with E-state index in [1.165, 1.54) is 5.56 Å². The molecule has 0 bridgehead atoms. The number of para-hydroxylation sites is 1. The molecule has 0 saturated heterocycles. The fraction of sp³-hybridized carbons (Fsp3) is 0.533. The van der Waals surface area contributed by atoms with Crippen LogP contribution in [0.15, 0.2) is 18.2 Å². The van der Waals surface area contributed by atoms with Crippen LogP contribution in [0.2, 0.25) is 0 Å². The number of hydrogen-bond donors (Lipinski definition) is 0. The summed E-state index contributed by atoms with van der Waals surface area (Å²) in [7, 11) is 3.87. The second kappa shape index (κ2) is 5.89. The fourth-order valence-corrected chi connectivity index (χ4v) is 2.01. The van der Waals surface area contributed by atoms with Crippen molar-refractivity contribution >= 4 is 17.8 Å². The summed E-state index contributed by atoms with van der Waals surface area (Å²) in [6.45, 7) is 8.59. The molecule has 0 aliphatic rings. The van der Waals surface area contributed by atoms with Gasteiger partial charge in [-0.2, -0.15) is 0 Å². The Morgan fingerprint density at radius 1 is 1.11 bits per heavy atom. The van der Waals surface area contributed by atoms with Crippen LogP contribution in [-0.4, -0.2) is 26.5 Å². The van der Waals surface area contributed by atoms with E-state index < -0.39 is 0 Å². The van der Waals surface area contributed by atoms with Crippen LogP contribution in [0.4, 0.5) is 11.4 Å². The molecule has 0 aromatic heterocycles. The molecule has 0 aliphatic carbocycles. The van der Waals surface area contributed by atoms with Gasteiger partial charge in [0, 0.05) is 20.1 Å². The maximum Gasteiger partial charge on any atom is 0.213 e. The Bertz CT molecular complexity index is 413. The summed E-state index contributed by atoms with van der Waals surface area (Å²) in [6, 6.07) is 6.62. The summed E-state index contributed by atoms with van der Waals surface area (Å²) in [5, 5.41) is 0. The highest BCUT2D eigenvalue weighted by molar-refractivity contribution is 5.86. The minimum Gasteiger partial charge on any atom is -0.370 e. The van der Waals surface area contributed by atoms with Crippen molar-refractivity contribution < 1.29 is 4.79 Å². The average Bonchev–Trinajstić information content (AvgIpc) is 2.35. The molecule has 1 aromatic carbocycles. The number of nitrogens with zero attached hydrogens (tertiary/aromatic N) is 2. The second-order valence-electron chi connectivity index (χ2n) is 5.29. The summed E-state index contributed by atoms with van der Waals surface area (Å²) >= 11 is 0. The molecule has 0 radical (unpaired) electrons. The SMILES string of the molecule is CC(C)c1cccc(N(C)C(C)C)c1N(C)C=O. The topological polar surface area (TPSA) is 23.6 Å². The van der Waals surface area contributed by atoms with Gasteiger partial charge in [0.15, 0.2) is 0 Å². The molecule has 3 nitrogen and oxygen atoms in total. The van der Waals surface area contributed by atoms with Gasteiger partial charge in [0.05, 0.1) is 11.4 Å². The molecular formula is C15H24N2O. The van der Waals surface area contributed by atoms with Gasteiger partial charge < -0.3 is 9.80 Å². The largest absolute Gasteiger partial charge is 0.370 e. The zero-order valence-electron chi connectivity index (χ0n) is 12.3. The zero-order valence-corrected chi connectivity index (χ0v) is 12.3. The number of hydrogen-bond acceptors (Lipinski definition) is 2. The van der Waals surface area contributed by atoms with Crippen molar-refractivity contribution in [2.75, 3.05) is 23.9 Å². The van der Waals surface area contributed by atoms with Gasteiger partial charge in [-0.3, -0.25) is 4.79 Å². The van der Waals surface area contributed by atoms with Crippen LogP contribution in [0.1, 0.15) is 39.2 Å². The van der Waals surface area contributed by atoms with E-state index >= 15 is 0 Å². The lowest BCUT2D eigenvalue weighted by atomic mass is 9.98. The van der Waals surface area contributed by atoms with Gasteiger partial charge in [0.2, 0.25) is 6.41 Å². The molecule has 3 heteroatoms. The van der Waals surface area contributed by atoms with Gasteiger partial charge in [-0.25, -0.2) is 0 Å². The number of carbonyl (C=O) groups is 1. The van der Waals surface area contributed by atoms with Crippen molar-refractivity contribution in [2.24, 2.45) is 0 Å². The van der Waals surface area contributed by atoms with Crippen LogP contribution < -0.4 is 9.80 Å². The number of rotatable bonds is 5. The Morgan fingerprint density at radius 2 is 1.72 bits per heavy atom. The summed E-state index contributed by atoms with van der Waals surface area (Å²) in [6.07, 6.45) is 0.874. The van der Waals surface area contributed by atoms with Gasteiger partial charge in [-0.05, 0) is 31.4 Å². The maximum absolute atomic E-state index is 11.1. The van der Waals surface area contributed by atoms with Crippen molar-refractivity contribution in [2.45, 2.75) is 39.7 Å². The monoisotopic (exact) mass is 248 g/mol. The fourth-order valence-electron chi connectivity index (χ4n) is 2.01. The summed E-state index contributed by atoms with van der Waals surface area (Å²) in [4.78, 5) is 15.0. The first-order valence-corrected chi connectivity index (χ1v) is 6.44. The van der Waals surface area contributed by atoms with Gasteiger partial charge in [0.1, 0.15) is 0 Å². The lowest BCUT2D eigenvalue weighted by molar-refractivity contribution is -0.107. The normalized spacial score (nSPS) is 10.9. The van der Waals surface area contributed by atoms with Gasteiger partial charge >= 0.3 is 0 Å². The lowest BCUT2D eigenvalue weighted by Gasteiger charge is -2.30. The quantitative estimate of drug-likeness (QED) is 0.747. The Hall–Kier alpha value is -1.51. The standard InChI is InChI=1S/C15H24N2O/c1-11(2)13-8-7-9-14(17(6)12(3)4)15(13)16(5)10-18/h7-12H,1-6H3. The number of benzene rings is 1. The average molecular weight is 248 g/mol. The van der Waals surface area contributed by atoms with Crippen molar-refractivity contribution in [3.63, 3.8) is 0 Å². The smallest absolute Gasteiger partial charge is 0.213 e. The van der Waals surface area contributed by atoms with E-state index in [9.17, 15) is 4.79 Å². The Balaban J connectivity index is 3.41. The zero-order chi connectivity index (χ0) is 13.9. The minimum atomic E-state index is 0.392. The van der Waals surface area contributed by atoms with Gasteiger partial charge in [0.25, 0.3) is 0 Å². The highest BCUT2D eigenvalue weighted by atomic mass is 16.1. The molecule has 0 heterocycles. The van der Waals surface area contributed by atoms with Crippen LogP contribution in [0.3, 0.4) is 0 Å². The molecule has 1 amide bonds. The van der Waals surface area contributed by atoms with E-state index in [1.54, 1.807) is 4.90 Å². The first-order valence-electron chi connectivity index (χ1n) is 6.44. The number of amides is 1. The van der Waals surface area contributed by atoms with Crippen LogP contribution in [0.5, 0.6) is 0 Å². The Labute approximate surface area is 110 Å². The predicted octanol–water partition coefficient (Wildman–Crippen LogP) is 3.25. The minimum absolute atomic E-state index is 0.392. The first-order chi connectivity index (χ1) is 8.40. The van der Waals surface area contributed by atoms with Crippen molar-refractivity contribution in [3.05, 3.63) is 23.8 Å². The third-order valence-electron chi connectivity index (χ3n) is 3.33. The molecule has 0 atom stereocenters. The molecule has 0 spiro atoms. The van der Waals surface area contributed by atoms with E-state index in [-0.39, 0.29) is 0 Å². The van der Waals surface area contributed by atoms with E-state index in [4.69, 9.17) is 0 Å². The third kappa shape index (κ3) is 2.84. The van der Waals surface area contributed by atoms with Gasteiger partial charge in [-0.1, -0.05) is 26.0 Å². The molecule has 18 heavy (non-hydrogen) atoms. The molecule has 0 aliphatic heterocycles. The van der Waals surface area contributed by atoms with Crippen molar-refractivity contribution in [3.8, 4) is 0 Å². The summed E-state index contributed by atoms with van der Waals surface area (Å²) in [5.41, 5.74) is 3.32. The number of anilines is 2. The van der Waals surface area contributed by atoms with Crippen LogP contribution in [0, 0.1) is 0 Å². The Kier molecular flexibility index (Phi) is 4.76. The highest BCUT2D eigenvalue weighted by Crippen LogP contribution is 2.36. The molecular weight excluding hydrogens is 224 g/mol. The predicted molar refractivity (Wildman–Crippen MR) is 78.5 cm³/mol. The van der Waals surface area contributed by atoms with E-state index in [2.05, 4.69) is 57.8 Å². The second-order valence-corrected chi connectivity index (χ2v) is 5.29. The van der Waals surface area contributed by atoms with Crippen LogP contribution in [0.25, 0.3) is 0 Å². The summed E-state index contributed by atoms with van der Waals surface area (Å²) in [5.74, 6) is 0.392. The molecule has 0 saturated carbocycles. The van der Waals surface area contributed by atoms with E-state index in [0.717, 1.165) is 17.8 Å². The van der Waals surface area contributed by atoms with Crippen molar-refractivity contribution in [1.82, 2.24) is 0 Å². The summed E-state index contributed by atoms with van der Waals surface area (Å²) < 4.78 is 0. The van der Waals surface area contributed by atoms with Gasteiger partial charge in [-0.15, -0.1) is 0 Å². The molecule has 0 unspecified atom stereocenters. The third-order valence-corrected chi connectivity index (χ3v) is 3.33.